The molecule has 108 valence electrons. The Morgan fingerprint density at radius 3 is 2.60 bits per heavy atom. The van der Waals surface area contributed by atoms with Gasteiger partial charge in [-0.1, -0.05) is 37.3 Å². The predicted molar refractivity (Wildman–Crippen MR) is 80.3 cm³/mol. The van der Waals surface area contributed by atoms with Crippen LogP contribution in [0.25, 0.3) is 0 Å². The number of rotatable bonds is 6. The minimum Gasteiger partial charge on any atom is -0.394 e. The molecule has 1 heterocycles. The van der Waals surface area contributed by atoms with Gasteiger partial charge in [0.15, 0.2) is 0 Å². The zero-order valence-electron chi connectivity index (χ0n) is 12.4. The van der Waals surface area contributed by atoms with E-state index in [1.54, 1.807) is 0 Å². The molecule has 2 rings (SSSR count). The third-order valence-corrected chi connectivity index (χ3v) is 3.72. The second-order valence-corrected chi connectivity index (χ2v) is 5.34. The third-order valence-electron chi connectivity index (χ3n) is 3.72. The minimum absolute atomic E-state index is 0.0543. The maximum Gasteiger partial charge on any atom is 0.0666 e. The van der Waals surface area contributed by atoms with Gasteiger partial charge in [-0.25, -0.2) is 0 Å². The van der Waals surface area contributed by atoms with Gasteiger partial charge in [0, 0.05) is 25.4 Å². The summed E-state index contributed by atoms with van der Waals surface area (Å²) in [5, 5.41) is 17.7. The van der Waals surface area contributed by atoms with Crippen molar-refractivity contribution in [2.75, 3.05) is 6.61 Å². The zero-order chi connectivity index (χ0) is 14.6. The van der Waals surface area contributed by atoms with Crippen LogP contribution in [0.4, 0.5) is 0 Å². The summed E-state index contributed by atoms with van der Waals surface area (Å²) in [4.78, 5) is 0. The van der Waals surface area contributed by atoms with Gasteiger partial charge in [0.05, 0.1) is 17.8 Å². The highest BCUT2D eigenvalue weighted by Crippen LogP contribution is 2.21. The fourth-order valence-electron chi connectivity index (χ4n) is 2.37. The van der Waals surface area contributed by atoms with Crippen LogP contribution in [0.15, 0.2) is 36.5 Å². The average Bonchev–Trinajstić information content (AvgIpc) is 2.86. The molecular weight excluding hydrogens is 250 g/mol. The summed E-state index contributed by atoms with van der Waals surface area (Å²) in [5.41, 5.74) is 2.94. The molecule has 0 amide bonds. The first-order valence-electron chi connectivity index (χ1n) is 7.02. The van der Waals surface area contributed by atoms with E-state index < -0.39 is 5.54 Å². The van der Waals surface area contributed by atoms with Crippen molar-refractivity contribution in [3.8, 4) is 0 Å². The highest BCUT2D eigenvalue weighted by atomic mass is 16.3. The molecule has 0 aliphatic heterocycles. The van der Waals surface area contributed by atoms with Crippen molar-refractivity contribution in [1.82, 2.24) is 15.1 Å². The topological polar surface area (TPSA) is 50.1 Å². The number of benzene rings is 1. The van der Waals surface area contributed by atoms with E-state index in [1.165, 1.54) is 5.56 Å². The summed E-state index contributed by atoms with van der Waals surface area (Å²) in [6.07, 6.45) is 2.95. The smallest absolute Gasteiger partial charge is 0.0666 e. The van der Waals surface area contributed by atoms with Crippen LogP contribution in [-0.4, -0.2) is 21.5 Å². The van der Waals surface area contributed by atoms with Gasteiger partial charge in [0.2, 0.25) is 0 Å². The lowest BCUT2D eigenvalue weighted by Crippen LogP contribution is -2.42. The molecule has 1 aromatic carbocycles. The Balaban J connectivity index is 2.15. The summed E-state index contributed by atoms with van der Waals surface area (Å²) < 4.78 is 1.84. The summed E-state index contributed by atoms with van der Waals surface area (Å²) >= 11 is 0. The maximum absolute atomic E-state index is 9.77. The van der Waals surface area contributed by atoms with Crippen LogP contribution in [0.3, 0.4) is 0 Å². The van der Waals surface area contributed by atoms with Crippen molar-refractivity contribution in [3.05, 3.63) is 53.3 Å². The van der Waals surface area contributed by atoms with E-state index in [0.29, 0.717) is 6.54 Å². The Morgan fingerprint density at radius 2 is 2.00 bits per heavy atom. The van der Waals surface area contributed by atoms with E-state index >= 15 is 0 Å². The second-order valence-electron chi connectivity index (χ2n) is 5.34. The number of aliphatic hydroxyl groups is 1. The van der Waals surface area contributed by atoms with Crippen LogP contribution in [0.5, 0.6) is 0 Å². The summed E-state index contributed by atoms with van der Waals surface area (Å²) in [6, 6.07) is 10.0. The molecule has 0 aliphatic carbocycles. The van der Waals surface area contributed by atoms with Crippen LogP contribution in [0.2, 0.25) is 0 Å². The van der Waals surface area contributed by atoms with Gasteiger partial charge in [0.1, 0.15) is 0 Å². The Hall–Kier alpha value is -1.65. The Labute approximate surface area is 120 Å². The molecule has 4 heteroatoms. The number of aromatic nitrogens is 2. The fraction of sp³-hybridized carbons (Fsp3) is 0.438. The van der Waals surface area contributed by atoms with E-state index in [0.717, 1.165) is 17.7 Å². The molecule has 0 bridgehead atoms. The number of hydrogen-bond acceptors (Lipinski definition) is 3. The molecule has 0 spiro atoms. The number of aliphatic hydroxyl groups excluding tert-OH is 1. The molecule has 1 atom stereocenters. The Morgan fingerprint density at radius 1 is 1.30 bits per heavy atom. The van der Waals surface area contributed by atoms with E-state index in [4.69, 9.17) is 0 Å². The van der Waals surface area contributed by atoms with Crippen LogP contribution in [-0.2, 0) is 25.6 Å². The first kappa shape index (κ1) is 14.8. The monoisotopic (exact) mass is 273 g/mol. The molecule has 20 heavy (non-hydrogen) atoms. The fourth-order valence-corrected chi connectivity index (χ4v) is 2.37. The molecule has 1 unspecified atom stereocenters. The molecule has 2 N–H and O–H groups in total. The molecule has 0 saturated heterocycles. The highest BCUT2D eigenvalue weighted by Gasteiger charge is 2.25. The average molecular weight is 273 g/mol. The molecule has 4 nitrogen and oxygen atoms in total. The maximum atomic E-state index is 9.77. The number of nitrogens with one attached hydrogen (secondary N) is 1. The molecular formula is C16H23N3O. The largest absolute Gasteiger partial charge is 0.394 e. The van der Waals surface area contributed by atoms with Crippen LogP contribution < -0.4 is 5.32 Å². The van der Waals surface area contributed by atoms with Gasteiger partial charge >= 0.3 is 0 Å². The minimum atomic E-state index is -0.442. The lowest BCUT2D eigenvalue weighted by atomic mass is 9.92. The first-order chi connectivity index (χ1) is 9.59. The van der Waals surface area contributed by atoms with Crippen LogP contribution >= 0.6 is 0 Å². The highest BCUT2D eigenvalue weighted by molar-refractivity contribution is 5.25. The van der Waals surface area contributed by atoms with Gasteiger partial charge in [-0.2, -0.15) is 5.10 Å². The number of aryl methyl sites for hydroxylation is 2. The first-order valence-corrected chi connectivity index (χ1v) is 7.02. The second kappa shape index (κ2) is 6.20. The zero-order valence-corrected chi connectivity index (χ0v) is 12.4. The number of hydrogen-bond donors (Lipinski definition) is 2. The summed E-state index contributed by atoms with van der Waals surface area (Å²) in [6.45, 7) is 4.88. The molecule has 0 aliphatic rings. The van der Waals surface area contributed by atoms with E-state index in [-0.39, 0.29) is 6.61 Å². The normalized spacial score (nSPS) is 14.2. The van der Waals surface area contributed by atoms with Crippen molar-refractivity contribution >= 4 is 0 Å². The van der Waals surface area contributed by atoms with Crippen molar-refractivity contribution in [3.63, 3.8) is 0 Å². The van der Waals surface area contributed by atoms with E-state index in [1.807, 2.05) is 55.2 Å². The van der Waals surface area contributed by atoms with E-state index in [9.17, 15) is 5.11 Å². The van der Waals surface area contributed by atoms with E-state index in [2.05, 4.69) is 17.3 Å². The van der Waals surface area contributed by atoms with Crippen molar-refractivity contribution < 1.29 is 5.11 Å². The third kappa shape index (κ3) is 3.08. The van der Waals surface area contributed by atoms with Crippen LogP contribution in [0.1, 0.15) is 30.7 Å². The van der Waals surface area contributed by atoms with Gasteiger partial charge in [-0.05, 0) is 18.9 Å². The van der Waals surface area contributed by atoms with Crippen molar-refractivity contribution in [1.29, 1.82) is 0 Å². The van der Waals surface area contributed by atoms with Gasteiger partial charge < -0.3 is 10.4 Å². The Kier molecular flexibility index (Phi) is 4.57. The predicted octanol–water partition coefficient (Wildman–Crippen LogP) is 1.98. The summed E-state index contributed by atoms with van der Waals surface area (Å²) in [7, 11) is 1.94. The summed E-state index contributed by atoms with van der Waals surface area (Å²) in [5.74, 6) is 0. The van der Waals surface area contributed by atoms with Gasteiger partial charge in [-0.3, -0.25) is 4.68 Å². The lowest BCUT2D eigenvalue weighted by Gasteiger charge is -2.29. The molecule has 0 saturated carbocycles. The van der Waals surface area contributed by atoms with Crippen molar-refractivity contribution in [2.45, 2.75) is 32.4 Å². The molecule has 2 aromatic rings. The molecule has 0 fully saturated rings. The number of nitrogens with zero attached hydrogens (tertiary/aromatic N) is 2. The lowest BCUT2D eigenvalue weighted by molar-refractivity contribution is 0.173. The Bertz CT molecular complexity index is 550. The van der Waals surface area contributed by atoms with Crippen LogP contribution in [0, 0.1) is 0 Å². The standard InChI is InChI=1S/C16H23N3O/c1-4-15-13(11-19(3)18-15)10-17-16(2,12-20)14-8-6-5-7-9-14/h5-9,11,17,20H,4,10,12H2,1-3H3. The SMILES string of the molecule is CCc1nn(C)cc1CNC(C)(CO)c1ccccc1. The van der Waals surface area contributed by atoms with Gasteiger partial charge in [0.25, 0.3) is 0 Å². The van der Waals surface area contributed by atoms with Gasteiger partial charge in [-0.15, -0.1) is 0 Å². The quantitative estimate of drug-likeness (QED) is 0.846. The van der Waals surface area contributed by atoms with Crippen molar-refractivity contribution in [2.24, 2.45) is 7.05 Å². The molecule has 0 radical (unpaired) electrons. The molecule has 1 aromatic heterocycles.